The van der Waals surface area contributed by atoms with E-state index in [-0.39, 0.29) is 16.9 Å². The fourth-order valence-electron chi connectivity index (χ4n) is 3.96. The Labute approximate surface area is 183 Å². The van der Waals surface area contributed by atoms with Crippen molar-refractivity contribution in [2.45, 2.75) is 43.6 Å². The first-order chi connectivity index (χ1) is 14.9. The number of carbonyl (C=O) groups excluding carboxylic acids is 1. The van der Waals surface area contributed by atoms with Crippen molar-refractivity contribution in [3.8, 4) is 5.75 Å². The van der Waals surface area contributed by atoms with Gasteiger partial charge in [-0.15, -0.1) is 0 Å². The Bertz CT molecular complexity index is 1020. The average molecular weight is 445 g/mol. The number of amides is 1. The van der Waals surface area contributed by atoms with Crippen molar-refractivity contribution in [3.05, 3.63) is 53.6 Å². The lowest BCUT2D eigenvalue weighted by Gasteiger charge is -2.26. The summed E-state index contributed by atoms with van der Waals surface area (Å²) in [7, 11) is -3.67. The van der Waals surface area contributed by atoms with E-state index in [1.807, 2.05) is 12.1 Å². The van der Waals surface area contributed by atoms with Gasteiger partial charge in [-0.3, -0.25) is 4.79 Å². The van der Waals surface area contributed by atoms with Gasteiger partial charge in [-0.2, -0.15) is 4.31 Å². The van der Waals surface area contributed by atoms with Crippen LogP contribution in [0.5, 0.6) is 5.75 Å². The summed E-state index contributed by atoms with van der Waals surface area (Å²) in [5.41, 5.74) is 1.67. The second-order valence-electron chi connectivity index (χ2n) is 8.00. The minimum atomic E-state index is -3.67. The number of hydrogen-bond donors (Lipinski definition) is 1. The molecule has 8 heteroatoms. The topological polar surface area (TPSA) is 84.9 Å². The number of aryl methyl sites for hydroxylation is 1. The Kier molecular flexibility index (Phi) is 6.60. The van der Waals surface area contributed by atoms with Crippen molar-refractivity contribution in [3.63, 3.8) is 0 Å². The van der Waals surface area contributed by atoms with Crippen LogP contribution in [0.15, 0.2) is 47.4 Å². The molecule has 2 aromatic carbocycles. The molecule has 2 aliphatic rings. The highest BCUT2D eigenvalue weighted by Crippen LogP contribution is 2.26. The molecule has 0 bridgehead atoms. The molecule has 2 aromatic rings. The van der Waals surface area contributed by atoms with Crippen LogP contribution in [0.1, 0.15) is 41.6 Å². The van der Waals surface area contributed by atoms with Crippen LogP contribution in [0.25, 0.3) is 0 Å². The van der Waals surface area contributed by atoms with Crippen LogP contribution in [0.2, 0.25) is 0 Å². The minimum absolute atomic E-state index is 0.116. The van der Waals surface area contributed by atoms with E-state index < -0.39 is 10.0 Å². The first kappa shape index (κ1) is 21.8. The number of morpholine rings is 1. The summed E-state index contributed by atoms with van der Waals surface area (Å²) in [6, 6.07) is 12.0. The van der Waals surface area contributed by atoms with Gasteiger partial charge < -0.3 is 14.8 Å². The molecule has 0 spiro atoms. The lowest BCUT2D eigenvalue weighted by Crippen LogP contribution is -2.40. The molecule has 31 heavy (non-hydrogen) atoms. The van der Waals surface area contributed by atoms with E-state index in [9.17, 15) is 13.2 Å². The van der Waals surface area contributed by atoms with Crippen molar-refractivity contribution in [2.24, 2.45) is 0 Å². The van der Waals surface area contributed by atoms with Gasteiger partial charge in [0.15, 0.2) is 0 Å². The Balaban J connectivity index is 1.47. The van der Waals surface area contributed by atoms with E-state index in [2.05, 4.69) is 5.32 Å². The molecule has 0 atom stereocenters. The van der Waals surface area contributed by atoms with Crippen molar-refractivity contribution < 1.29 is 22.7 Å². The Morgan fingerprint density at radius 3 is 2.42 bits per heavy atom. The predicted molar refractivity (Wildman–Crippen MR) is 118 cm³/mol. The third-order valence-electron chi connectivity index (χ3n) is 5.78. The molecule has 0 unspecified atom stereocenters. The average Bonchev–Trinajstić information content (AvgIpc) is 3.29. The van der Waals surface area contributed by atoms with Crippen LogP contribution >= 0.6 is 0 Å². The maximum Gasteiger partial charge on any atom is 0.255 e. The summed E-state index contributed by atoms with van der Waals surface area (Å²) in [5, 5.41) is 2.86. The summed E-state index contributed by atoms with van der Waals surface area (Å²) in [6.07, 6.45) is 4.86. The van der Waals surface area contributed by atoms with Gasteiger partial charge in [0.25, 0.3) is 5.91 Å². The summed E-state index contributed by atoms with van der Waals surface area (Å²) < 4.78 is 38.5. The van der Waals surface area contributed by atoms with Crippen LogP contribution in [-0.2, 0) is 14.8 Å². The Hall–Kier alpha value is -2.42. The fourth-order valence-corrected chi connectivity index (χ4v) is 5.39. The molecule has 1 saturated carbocycles. The molecular formula is C23H28N2O5S. The highest BCUT2D eigenvalue weighted by atomic mass is 32.2. The molecule has 0 radical (unpaired) electrons. The Morgan fingerprint density at radius 2 is 1.74 bits per heavy atom. The number of ether oxygens (including phenoxy) is 2. The molecule has 4 rings (SSSR count). The van der Waals surface area contributed by atoms with Gasteiger partial charge in [-0.25, -0.2) is 8.42 Å². The molecule has 0 aromatic heterocycles. The monoisotopic (exact) mass is 444 g/mol. The van der Waals surface area contributed by atoms with E-state index in [4.69, 9.17) is 9.47 Å². The van der Waals surface area contributed by atoms with Gasteiger partial charge in [-0.05, 0) is 74.6 Å². The van der Waals surface area contributed by atoms with Gasteiger partial charge in [-0.1, -0.05) is 6.07 Å². The van der Waals surface area contributed by atoms with Crippen molar-refractivity contribution in [2.75, 3.05) is 31.6 Å². The molecule has 1 heterocycles. The third kappa shape index (κ3) is 5.08. The summed E-state index contributed by atoms with van der Waals surface area (Å²) in [4.78, 5) is 13.0. The van der Waals surface area contributed by atoms with E-state index in [0.29, 0.717) is 43.1 Å². The summed E-state index contributed by atoms with van der Waals surface area (Å²) in [6.45, 7) is 3.16. The standard InChI is InChI=1S/C23H28N2O5S/c1-17-6-11-21(31(27,28)25-12-14-29-15-13-25)16-22(17)23(26)24-18-7-9-20(10-8-18)30-19-4-2-3-5-19/h6-11,16,19H,2-5,12-15H2,1H3,(H,24,26). The zero-order valence-corrected chi connectivity index (χ0v) is 18.5. The maximum absolute atomic E-state index is 12.9. The number of benzene rings is 2. The molecule has 7 nitrogen and oxygen atoms in total. The van der Waals surface area contributed by atoms with Gasteiger partial charge in [0.05, 0.1) is 24.2 Å². The number of rotatable bonds is 6. The van der Waals surface area contributed by atoms with Crippen LogP contribution in [0.3, 0.4) is 0 Å². The molecule has 1 aliphatic carbocycles. The van der Waals surface area contributed by atoms with Gasteiger partial charge >= 0.3 is 0 Å². The van der Waals surface area contributed by atoms with Gasteiger partial charge in [0.2, 0.25) is 10.0 Å². The zero-order chi connectivity index (χ0) is 21.8. The lowest BCUT2D eigenvalue weighted by molar-refractivity contribution is 0.0730. The van der Waals surface area contributed by atoms with Crippen molar-refractivity contribution >= 4 is 21.6 Å². The minimum Gasteiger partial charge on any atom is -0.490 e. The molecule has 166 valence electrons. The smallest absolute Gasteiger partial charge is 0.255 e. The van der Waals surface area contributed by atoms with Crippen molar-refractivity contribution in [1.29, 1.82) is 0 Å². The number of nitrogens with one attached hydrogen (secondary N) is 1. The lowest BCUT2D eigenvalue weighted by atomic mass is 10.1. The van der Waals surface area contributed by atoms with Gasteiger partial charge in [0.1, 0.15) is 5.75 Å². The van der Waals surface area contributed by atoms with Crippen LogP contribution in [0.4, 0.5) is 5.69 Å². The summed E-state index contributed by atoms with van der Waals surface area (Å²) in [5.74, 6) is 0.445. The summed E-state index contributed by atoms with van der Waals surface area (Å²) >= 11 is 0. The van der Waals surface area contributed by atoms with E-state index >= 15 is 0 Å². The van der Waals surface area contributed by atoms with E-state index in [0.717, 1.165) is 18.6 Å². The molecule has 1 aliphatic heterocycles. The molecular weight excluding hydrogens is 416 g/mol. The number of nitrogens with zero attached hydrogens (tertiary/aromatic N) is 1. The Morgan fingerprint density at radius 1 is 1.06 bits per heavy atom. The second-order valence-corrected chi connectivity index (χ2v) is 9.93. The quantitative estimate of drug-likeness (QED) is 0.736. The van der Waals surface area contributed by atoms with E-state index in [1.165, 1.54) is 23.2 Å². The molecule has 1 N–H and O–H groups in total. The maximum atomic E-state index is 12.9. The fraction of sp³-hybridized carbons (Fsp3) is 0.435. The van der Waals surface area contributed by atoms with E-state index in [1.54, 1.807) is 31.2 Å². The predicted octanol–water partition coefficient (Wildman–Crippen LogP) is 3.59. The van der Waals surface area contributed by atoms with Crippen LogP contribution in [0, 0.1) is 6.92 Å². The largest absolute Gasteiger partial charge is 0.490 e. The number of anilines is 1. The highest BCUT2D eigenvalue weighted by molar-refractivity contribution is 7.89. The zero-order valence-electron chi connectivity index (χ0n) is 17.7. The normalized spacial score (nSPS) is 18.1. The number of hydrogen-bond acceptors (Lipinski definition) is 5. The highest BCUT2D eigenvalue weighted by Gasteiger charge is 2.27. The van der Waals surface area contributed by atoms with Crippen molar-refractivity contribution in [1.82, 2.24) is 4.31 Å². The molecule has 2 fully saturated rings. The number of carbonyl (C=O) groups is 1. The van der Waals surface area contributed by atoms with Crippen LogP contribution < -0.4 is 10.1 Å². The second kappa shape index (κ2) is 9.38. The van der Waals surface area contributed by atoms with Crippen LogP contribution in [-0.4, -0.2) is 51.0 Å². The number of sulfonamides is 1. The first-order valence-electron chi connectivity index (χ1n) is 10.7. The first-order valence-corrected chi connectivity index (χ1v) is 12.1. The third-order valence-corrected chi connectivity index (χ3v) is 7.67. The molecule has 1 amide bonds. The SMILES string of the molecule is Cc1ccc(S(=O)(=O)N2CCOCC2)cc1C(=O)Nc1ccc(OC2CCCC2)cc1. The molecule has 1 saturated heterocycles. The van der Waals surface area contributed by atoms with Gasteiger partial charge in [0, 0.05) is 24.3 Å².